The fourth-order valence-corrected chi connectivity index (χ4v) is 2.15. The van der Waals surface area contributed by atoms with Crippen molar-refractivity contribution in [1.29, 1.82) is 0 Å². The zero-order valence-corrected chi connectivity index (χ0v) is 10.0. The van der Waals surface area contributed by atoms with E-state index in [1.807, 2.05) is 4.90 Å². The Morgan fingerprint density at radius 1 is 1.35 bits per heavy atom. The highest BCUT2D eigenvalue weighted by molar-refractivity contribution is 6.19. The van der Waals surface area contributed by atoms with Crippen LogP contribution in [0.3, 0.4) is 0 Å². The minimum absolute atomic E-state index is 0.0417. The van der Waals surface area contributed by atoms with Gasteiger partial charge in [0.25, 0.3) is 0 Å². The molecule has 0 atom stereocenters. The average molecular weight is 239 g/mol. The van der Waals surface area contributed by atoms with Crippen LogP contribution in [0.25, 0.3) is 0 Å². The van der Waals surface area contributed by atoms with E-state index in [0.29, 0.717) is 5.88 Å². The van der Waals surface area contributed by atoms with Gasteiger partial charge in [0, 0.05) is 13.1 Å². The SMILES string of the molecule is CCOC(=O)C1=C(N2CCCCC2)OCC1=O. The third-order valence-electron chi connectivity index (χ3n) is 2.96. The van der Waals surface area contributed by atoms with Crippen LogP contribution in [-0.4, -0.2) is 43.0 Å². The van der Waals surface area contributed by atoms with E-state index in [0.717, 1.165) is 25.9 Å². The second-order valence-corrected chi connectivity index (χ2v) is 4.16. The van der Waals surface area contributed by atoms with Gasteiger partial charge >= 0.3 is 5.97 Å². The minimum atomic E-state index is -0.560. The van der Waals surface area contributed by atoms with E-state index in [1.165, 1.54) is 6.42 Å². The molecule has 94 valence electrons. The van der Waals surface area contributed by atoms with E-state index in [1.54, 1.807) is 6.92 Å². The summed E-state index contributed by atoms with van der Waals surface area (Å²) in [6.07, 6.45) is 3.32. The minimum Gasteiger partial charge on any atom is -0.470 e. The van der Waals surface area contributed by atoms with Gasteiger partial charge < -0.3 is 14.4 Å². The van der Waals surface area contributed by atoms with Crippen molar-refractivity contribution in [3.63, 3.8) is 0 Å². The van der Waals surface area contributed by atoms with Crippen molar-refractivity contribution in [2.24, 2.45) is 0 Å². The van der Waals surface area contributed by atoms with Gasteiger partial charge in [-0.1, -0.05) is 0 Å². The van der Waals surface area contributed by atoms with E-state index in [4.69, 9.17) is 9.47 Å². The molecule has 2 rings (SSSR count). The molecule has 17 heavy (non-hydrogen) atoms. The molecular weight excluding hydrogens is 222 g/mol. The summed E-state index contributed by atoms with van der Waals surface area (Å²) in [7, 11) is 0. The summed E-state index contributed by atoms with van der Waals surface area (Å²) < 4.78 is 10.2. The van der Waals surface area contributed by atoms with E-state index in [9.17, 15) is 9.59 Å². The topological polar surface area (TPSA) is 55.8 Å². The van der Waals surface area contributed by atoms with Crippen LogP contribution in [0.1, 0.15) is 26.2 Å². The number of carbonyl (C=O) groups is 2. The molecule has 0 unspecified atom stereocenters. The Balaban J connectivity index is 2.20. The zero-order chi connectivity index (χ0) is 12.3. The maximum atomic E-state index is 11.7. The van der Waals surface area contributed by atoms with Gasteiger partial charge in [-0.25, -0.2) is 4.79 Å². The quantitative estimate of drug-likeness (QED) is 0.539. The summed E-state index contributed by atoms with van der Waals surface area (Å²) in [5, 5.41) is 0. The molecule has 0 aromatic rings. The van der Waals surface area contributed by atoms with Crippen molar-refractivity contribution < 1.29 is 19.1 Å². The Morgan fingerprint density at radius 2 is 2.06 bits per heavy atom. The monoisotopic (exact) mass is 239 g/mol. The highest BCUT2D eigenvalue weighted by Gasteiger charge is 2.35. The lowest BCUT2D eigenvalue weighted by Crippen LogP contribution is -2.31. The molecule has 2 heterocycles. The van der Waals surface area contributed by atoms with Gasteiger partial charge in [-0.15, -0.1) is 0 Å². The van der Waals surface area contributed by atoms with Gasteiger partial charge in [0.05, 0.1) is 6.61 Å². The lowest BCUT2D eigenvalue weighted by Gasteiger charge is -2.28. The van der Waals surface area contributed by atoms with Crippen LogP contribution in [0.5, 0.6) is 0 Å². The normalized spacial score (nSPS) is 20.5. The molecule has 0 amide bonds. The fourth-order valence-electron chi connectivity index (χ4n) is 2.15. The Morgan fingerprint density at radius 3 is 2.71 bits per heavy atom. The maximum absolute atomic E-state index is 11.7. The van der Waals surface area contributed by atoms with Gasteiger partial charge in [0.2, 0.25) is 11.7 Å². The molecule has 1 saturated heterocycles. The summed E-state index contributed by atoms with van der Waals surface area (Å²) in [4.78, 5) is 25.3. The third-order valence-corrected chi connectivity index (χ3v) is 2.96. The smallest absolute Gasteiger partial charge is 0.347 e. The Kier molecular flexibility index (Phi) is 3.66. The second-order valence-electron chi connectivity index (χ2n) is 4.16. The summed E-state index contributed by atoms with van der Waals surface area (Å²) >= 11 is 0. The zero-order valence-electron chi connectivity index (χ0n) is 10.0. The maximum Gasteiger partial charge on any atom is 0.347 e. The van der Waals surface area contributed by atoms with Crippen LogP contribution in [-0.2, 0) is 19.1 Å². The highest BCUT2D eigenvalue weighted by atomic mass is 16.5. The number of hydrogen-bond acceptors (Lipinski definition) is 5. The molecule has 0 radical (unpaired) electrons. The van der Waals surface area contributed by atoms with E-state index in [-0.39, 0.29) is 24.6 Å². The van der Waals surface area contributed by atoms with Crippen molar-refractivity contribution in [2.75, 3.05) is 26.3 Å². The lowest BCUT2D eigenvalue weighted by atomic mass is 10.1. The second kappa shape index (κ2) is 5.21. The molecule has 0 bridgehead atoms. The molecule has 0 saturated carbocycles. The molecule has 2 aliphatic heterocycles. The predicted octanol–water partition coefficient (Wildman–Crippen LogP) is 0.846. The van der Waals surface area contributed by atoms with Gasteiger partial charge in [0.15, 0.2) is 12.2 Å². The van der Waals surface area contributed by atoms with E-state index < -0.39 is 5.97 Å². The molecule has 0 aromatic carbocycles. The summed E-state index contributed by atoms with van der Waals surface area (Å²) in [5.41, 5.74) is 0.0914. The number of esters is 1. The molecule has 2 aliphatic rings. The number of rotatable bonds is 3. The van der Waals surface area contributed by atoms with Crippen molar-refractivity contribution >= 4 is 11.8 Å². The predicted molar refractivity (Wildman–Crippen MR) is 60.0 cm³/mol. The van der Waals surface area contributed by atoms with Crippen LogP contribution in [0.4, 0.5) is 0 Å². The lowest BCUT2D eigenvalue weighted by molar-refractivity contribution is -0.139. The largest absolute Gasteiger partial charge is 0.470 e. The van der Waals surface area contributed by atoms with Crippen LogP contribution in [0.15, 0.2) is 11.5 Å². The first-order chi connectivity index (χ1) is 8.24. The first-order valence-corrected chi connectivity index (χ1v) is 6.06. The van der Waals surface area contributed by atoms with Gasteiger partial charge in [0.1, 0.15) is 0 Å². The number of hydrogen-bond donors (Lipinski definition) is 0. The number of likely N-dealkylation sites (tertiary alicyclic amines) is 1. The van der Waals surface area contributed by atoms with Crippen LogP contribution in [0.2, 0.25) is 0 Å². The number of nitrogens with zero attached hydrogens (tertiary/aromatic N) is 1. The summed E-state index contributed by atoms with van der Waals surface area (Å²) in [6.45, 7) is 3.62. The molecule has 0 aromatic heterocycles. The fraction of sp³-hybridized carbons (Fsp3) is 0.667. The Hall–Kier alpha value is -1.52. The molecule has 5 nitrogen and oxygen atoms in total. The Labute approximate surface area is 100 Å². The average Bonchev–Trinajstić information content (AvgIpc) is 2.73. The third kappa shape index (κ3) is 2.43. The molecule has 5 heteroatoms. The van der Waals surface area contributed by atoms with Crippen LogP contribution in [0, 0.1) is 0 Å². The molecule has 1 fully saturated rings. The number of piperidine rings is 1. The van der Waals surface area contributed by atoms with Crippen molar-refractivity contribution in [2.45, 2.75) is 26.2 Å². The number of ketones is 1. The Bertz CT molecular complexity index is 356. The summed E-state index contributed by atoms with van der Waals surface area (Å²) in [6, 6.07) is 0. The van der Waals surface area contributed by atoms with E-state index in [2.05, 4.69) is 0 Å². The number of carbonyl (C=O) groups excluding carboxylic acids is 2. The first-order valence-electron chi connectivity index (χ1n) is 6.06. The van der Waals surface area contributed by atoms with Crippen molar-refractivity contribution in [1.82, 2.24) is 4.90 Å². The van der Waals surface area contributed by atoms with Crippen LogP contribution >= 0.6 is 0 Å². The standard InChI is InChI=1S/C12H17NO4/c1-2-16-12(15)10-9(14)8-17-11(10)13-6-4-3-5-7-13/h2-8H2,1H3. The van der Waals surface area contributed by atoms with Crippen LogP contribution < -0.4 is 0 Å². The number of Topliss-reactive ketones (excluding diaryl/α,β-unsaturated/α-hetero) is 1. The van der Waals surface area contributed by atoms with E-state index >= 15 is 0 Å². The van der Waals surface area contributed by atoms with Gasteiger partial charge in [-0.3, -0.25) is 4.79 Å². The summed E-state index contributed by atoms with van der Waals surface area (Å²) in [5.74, 6) is -0.409. The molecule has 0 aliphatic carbocycles. The van der Waals surface area contributed by atoms with Gasteiger partial charge in [-0.05, 0) is 26.2 Å². The van der Waals surface area contributed by atoms with Crippen molar-refractivity contribution in [3.8, 4) is 0 Å². The molecular formula is C12H17NO4. The highest BCUT2D eigenvalue weighted by Crippen LogP contribution is 2.24. The number of ether oxygens (including phenoxy) is 2. The molecule has 0 N–H and O–H groups in total. The van der Waals surface area contributed by atoms with Gasteiger partial charge in [-0.2, -0.15) is 0 Å². The van der Waals surface area contributed by atoms with Crippen molar-refractivity contribution in [3.05, 3.63) is 11.5 Å². The first kappa shape index (κ1) is 12.0. The molecule has 0 spiro atoms.